The van der Waals surface area contributed by atoms with Crippen molar-refractivity contribution in [1.82, 2.24) is 20.4 Å². The molecule has 0 aromatic carbocycles. The van der Waals surface area contributed by atoms with E-state index in [0.29, 0.717) is 5.82 Å². The van der Waals surface area contributed by atoms with Crippen LogP contribution >= 0.6 is 0 Å². The lowest BCUT2D eigenvalue weighted by Crippen LogP contribution is -2.38. The first-order valence-corrected chi connectivity index (χ1v) is 6.96. The van der Waals surface area contributed by atoms with E-state index in [9.17, 15) is 0 Å². The van der Waals surface area contributed by atoms with Crippen LogP contribution in [0, 0.1) is 6.92 Å². The van der Waals surface area contributed by atoms with Crippen molar-refractivity contribution >= 4 is 0 Å². The van der Waals surface area contributed by atoms with Crippen LogP contribution in [-0.4, -0.2) is 47.8 Å². The van der Waals surface area contributed by atoms with Gasteiger partial charge in [0.25, 0.3) is 0 Å². The van der Waals surface area contributed by atoms with Crippen LogP contribution in [0.15, 0.2) is 4.52 Å². The predicted octanol–water partition coefficient (Wildman–Crippen LogP) is 1.38. The molecule has 1 aromatic rings. The Kier molecular flexibility index (Phi) is 5.13. The van der Waals surface area contributed by atoms with Gasteiger partial charge in [0.05, 0.1) is 0 Å². The molecule has 1 aliphatic rings. The number of nitrogens with zero attached hydrogens (tertiary/aromatic N) is 3. The first kappa shape index (κ1) is 13.5. The van der Waals surface area contributed by atoms with Crippen molar-refractivity contribution in [2.45, 2.75) is 45.1 Å². The van der Waals surface area contributed by atoms with E-state index in [-0.39, 0.29) is 0 Å². The first-order valence-electron chi connectivity index (χ1n) is 6.96. The highest BCUT2D eigenvalue weighted by Crippen LogP contribution is 2.16. The fourth-order valence-electron chi connectivity index (χ4n) is 2.54. The summed E-state index contributed by atoms with van der Waals surface area (Å²) in [4.78, 5) is 6.68. The van der Waals surface area contributed by atoms with Gasteiger partial charge >= 0.3 is 0 Å². The molecule has 1 aromatic heterocycles. The molecule has 5 heteroatoms. The lowest BCUT2D eigenvalue weighted by molar-refractivity contribution is 0.175. The molecule has 0 saturated carbocycles. The Labute approximate surface area is 109 Å². The number of aromatic nitrogens is 2. The van der Waals surface area contributed by atoms with Gasteiger partial charge in [-0.25, -0.2) is 0 Å². The number of nitrogens with one attached hydrogen (secondary N) is 1. The lowest BCUT2D eigenvalue weighted by atomic mass is 10.0. The first-order chi connectivity index (χ1) is 8.75. The second-order valence-electron chi connectivity index (χ2n) is 5.15. The molecular formula is C13H24N4O. The Hall–Kier alpha value is -0.940. The van der Waals surface area contributed by atoms with Crippen molar-refractivity contribution in [1.29, 1.82) is 0 Å². The van der Waals surface area contributed by atoms with E-state index in [2.05, 4.69) is 27.4 Å². The van der Waals surface area contributed by atoms with Gasteiger partial charge < -0.3 is 14.7 Å². The molecule has 1 atom stereocenters. The van der Waals surface area contributed by atoms with Crippen LogP contribution in [-0.2, 0) is 6.42 Å². The van der Waals surface area contributed by atoms with Crippen LogP contribution in [0.4, 0.5) is 0 Å². The molecule has 0 spiro atoms. The summed E-state index contributed by atoms with van der Waals surface area (Å²) >= 11 is 0. The molecule has 1 saturated heterocycles. The summed E-state index contributed by atoms with van der Waals surface area (Å²) in [6, 6.07) is 0.761. The summed E-state index contributed by atoms with van der Waals surface area (Å²) in [5.41, 5.74) is 0. The number of hydrogen-bond acceptors (Lipinski definition) is 5. The lowest BCUT2D eigenvalue weighted by Gasteiger charge is -2.32. The average Bonchev–Trinajstić information content (AvgIpc) is 2.77. The van der Waals surface area contributed by atoms with Crippen LogP contribution < -0.4 is 5.32 Å². The zero-order valence-electron chi connectivity index (χ0n) is 11.5. The van der Waals surface area contributed by atoms with E-state index in [1.165, 1.54) is 32.2 Å². The molecule has 1 N–H and O–H groups in total. The van der Waals surface area contributed by atoms with Crippen LogP contribution in [0.3, 0.4) is 0 Å². The smallest absolute Gasteiger partial charge is 0.227 e. The second-order valence-corrected chi connectivity index (χ2v) is 5.15. The van der Waals surface area contributed by atoms with E-state index in [1.54, 1.807) is 0 Å². The van der Waals surface area contributed by atoms with E-state index in [4.69, 9.17) is 4.52 Å². The number of hydrogen-bond donors (Lipinski definition) is 1. The maximum Gasteiger partial charge on any atom is 0.227 e. The number of aryl methyl sites for hydroxylation is 1. The Bertz CT molecular complexity index is 353. The number of likely N-dealkylation sites (tertiary alicyclic amines) is 1. The van der Waals surface area contributed by atoms with Crippen LogP contribution in [0.25, 0.3) is 0 Å². The van der Waals surface area contributed by atoms with Gasteiger partial charge in [-0.15, -0.1) is 0 Å². The monoisotopic (exact) mass is 252 g/mol. The van der Waals surface area contributed by atoms with E-state index >= 15 is 0 Å². The SMILES string of the molecule is Cc1noc(CCNCCC2CCCCN2C)n1. The minimum atomic E-state index is 0.717. The quantitative estimate of drug-likeness (QED) is 0.775. The number of rotatable bonds is 6. The summed E-state index contributed by atoms with van der Waals surface area (Å²) in [5.74, 6) is 1.45. The van der Waals surface area contributed by atoms with Crippen molar-refractivity contribution in [2.75, 3.05) is 26.7 Å². The van der Waals surface area contributed by atoms with Crippen LogP contribution in [0.1, 0.15) is 37.4 Å². The van der Waals surface area contributed by atoms with E-state index < -0.39 is 0 Å². The Morgan fingerprint density at radius 3 is 3.00 bits per heavy atom. The van der Waals surface area contributed by atoms with Crippen LogP contribution in [0.2, 0.25) is 0 Å². The predicted molar refractivity (Wildman–Crippen MR) is 70.5 cm³/mol. The zero-order chi connectivity index (χ0) is 12.8. The average molecular weight is 252 g/mol. The summed E-state index contributed by atoms with van der Waals surface area (Å²) in [7, 11) is 2.24. The van der Waals surface area contributed by atoms with Gasteiger partial charge in [-0.05, 0) is 46.3 Å². The molecule has 2 rings (SSSR count). The van der Waals surface area contributed by atoms with Crippen molar-refractivity contribution < 1.29 is 4.52 Å². The minimum absolute atomic E-state index is 0.717. The summed E-state index contributed by atoms with van der Waals surface area (Å²) < 4.78 is 5.07. The normalized spacial score (nSPS) is 21.3. The van der Waals surface area contributed by atoms with Crippen LogP contribution in [0.5, 0.6) is 0 Å². The molecule has 102 valence electrons. The van der Waals surface area contributed by atoms with Gasteiger partial charge in [-0.3, -0.25) is 0 Å². The van der Waals surface area contributed by atoms with Crippen molar-refractivity contribution in [3.63, 3.8) is 0 Å². The van der Waals surface area contributed by atoms with Crippen molar-refractivity contribution in [3.8, 4) is 0 Å². The molecule has 0 bridgehead atoms. The van der Waals surface area contributed by atoms with Gasteiger partial charge in [-0.1, -0.05) is 11.6 Å². The topological polar surface area (TPSA) is 54.2 Å². The third-order valence-corrected chi connectivity index (χ3v) is 3.66. The van der Waals surface area contributed by atoms with Crippen molar-refractivity contribution in [2.24, 2.45) is 0 Å². The molecule has 0 radical (unpaired) electrons. The van der Waals surface area contributed by atoms with Crippen molar-refractivity contribution in [3.05, 3.63) is 11.7 Å². The summed E-state index contributed by atoms with van der Waals surface area (Å²) in [6.07, 6.45) is 6.15. The molecule has 1 unspecified atom stereocenters. The fraction of sp³-hybridized carbons (Fsp3) is 0.846. The van der Waals surface area contributed by atoms with Gasteiger partial charge in [0.2, 0.25) is 5.89 Å². The molecular weight excluding hydrogens is 228 g/mol. The molecule has 0 amide bonds. The standard InChI is InChI=1S/C13H24N4O/c1-11-15-13(18-16-11)7-9-14-8-6-12-5-3-4-10-17(12)2/h12,14H,3-10H2,1-2H3. The molecule has 5 nitrogen and oxygen atoms in total. The molecule has 2 heterocycles. The van der Waals surface area contributed by atoms with Gasteiger partial charge in [-0.2, -0.15) is 4.98 Å². The third-order valence-electron chi connectivity index (χ3n) is 3.66. The largest absolute Gasteiger partial charge is 0.339 e. The van der Waals surface area contributed by atoms with Gasteiger partial charge in [0.1, 0.15) is 0 Å². The van der Waals surface area contributed by atoms with Gasteiger partial charge in [0, 0.05) is 19.0 Å². The summed E-state index contributed by atoms with van der Waals surface area (Å²) in [6.45, 7) is 5.09. The Morgan fingerprint density at radius 2 is 2.28 bits per heavy atom. The second kappa shape index (κ2) is 6.85. The summed E-state index contributed by atoms with van der Waals surface area (Å²) in [5, 5.41) is 7.23. The Balaban J connectivity index is 1.55. The Morgan fingerprint density at radius 1 is 1.39 bits per heavy atom. The highest BCUT2D eigenvalue weighted by atomic mass is 16.5. The fourth-order valence-corrected chi connectivity index (χ4v) is 2.54. The molecule has 1 fully saturated rings. The highest BCUT2D eigenvalue weighted by Gasteiger charge is 2.17. The maximum atomic E-state index is 5.07. The third kappa shape index (κ3) is 4.07. The minimum Gasteiger partial charge on any atom is -0.339 e. The van der Waals surface area contributed by atoms with E-state index in [1.807, 2.05) is 6.92 Å². The zero-order valence-corrected chi connectivity index (χ0v) is 11.5. The molecule has 18 heavy (non-hydrogen) atoms. The molecule has 1 aliphatic heterocycles. The highest BCUT2D eigenvalue weighted by molar-refractivity contribution is 4.83. The number of piperidine rings is 1. The molecule has 0 aliphatic carbocycles. The van der Waals surface area contributed by atoms with E-state index in [0.717, 1.165) is 31.4 Å². The van der Waals surface area contributed by atoms with Gasteiger partial charge in [0.15, 0.2) is 5.82 Å². The maximum absolute atomic E-state index is 5.07.